The number of carbonyl (C=O) groups excluding carboxylic acids is 1. The molecule has 3 rings (SSSR count). The van der Waals surface area contributed by atoms with Crippen molar-refractivity contribution in [1.29, 1.82) is 0 Å². The Balaban J connectivity index is 2.18. The van der Waals surface area contributed by atoms with Crippen LogP contribution in [-0.2, 0) is 17.1 Å². The number of nitrogens with one attached hydrogen (secondary N) is 1. The monoisotopic (exact) mass is 427 g/mol. The highest BCUT2D eigenvalue weighted by atomic mass is 19.4. The summed E-state index contributed by atoms with van der Waals surface area (Å²) in [7, 11) is 0. The number of benzene rings is 2. The van der Waals surface area contributed by atoms with E-state index in [9.17, 15) is 31.1 Å². The average Bonchev–Trinajstić information content (AvgIpc) is 3.12. The van der Waals surface area contributed by atoms with Gasteiger partial charge in [-0.25, -0.2) is 4.79 Å². The van der Waals surface area contributed by atoms with Gasteiger partial charge in [-0.05, 0) is 42.3 Å². The van der Waals surface area contributed by atoms with Crippen molar-refractivity contribution < 1.29 is 35.9 Å². The Morgan fingerprint density at radius 1 is 0.900 bits per heavy atom. The number of alkyl halides is 6. The molecule has 9 heteroatoms. The summed E-state index contributed by atoms with van der Waals surface area (Å²) in [6.07, 6.45) is -7.88. The van der Waals surface area contributed by atoms with Crippen molar-refractivity contribution in [3.8, 4) is 22.4 Å². The van der Waals surface area contributed by atoms with Gasteiger partial charge in [-0.3, -0.25) is 0 Å². The maximum Gasteiger partial charge on any atom is 0.416 e. The Kier molecular flexibility index (Phi) is 5.65. The third-order valence-corrected chi connectivity index (χ3v) is 4.36. The molecule has 0 spiro atoms. The zero-order valence-corrected chi connectivity index (χ0v) is 15.5. The van der Waals surface area contributed by atoms with Crippen LogP contribution in [0.25, 0.3) is 22.4 Å². The van der Waals surface area contributed by atoms with Gasteiger partial charge in [0.1, 0.15) is 0 Å². The van der Waals surface area contributed by atoms with Crippen molar-refractivity contribution in [2.75, 3.05) is 6.61 Å². The first-order chi connectivity index (χ1) is 14.0. The van der Waals surface area contributed by atoms with Crippen molar-refractivity contribution in [2.24, 2.45) is 0 Å². The van der Waals surface area contributed by atoms with Crippen molar-refractivity contribution in [3.63, 3.8) is 0 Å². The van der Waals surface area contributed by atoms with Crippen LogP contribution in [0.5, 0.6) is 0 Å². The lowest BCUT2D eigenvalue weighted by molar-refractivity contribution is -0.138. The summed E-state index contributed by atoms with van der Waals surface area (Å²) in [5.41, 5.74) is -1.16. The second-order valence-corrected chi connectivity index (χ2v) is 6.33. The molecular formula is C21H15F6NO2. The largest absolute Gasteiger partial charge is 0.462 e. The molecule has 0 saturated carbocycles. The summed E-state index contributed by atoms with van der Waals surface area (Å²) < 4.78 is 83.0. The van der Waals surface area contributed by atoms with Gasteiger partial charge in [0.2, 0.25) is 0 Å². The van der Waals surface area contributed by atoms with Gasteiger partial charge in [-0.15, -0.1) is 0 Å². The van der Waals surface area contributed by atoms with Crippen LogP contribution in [0, 0.1) is 0 Å². The number of aromatic amines is 1. The van der Waals surface area contributed by atoms with Crippen molar-refractivity contribution in [3.05, 3.63) is 71.4 Å². The first kappa shape index (κ1) is 21.5. The quantitative estimate of drug-likeness (QED) is 0.378. The number of esters is 1. The zero-order valence-electron chi connectivity index (χ0n) is 15.5. The van der Waals surface area contributed by atoms with Crippen LogP contribution >= 0.6 is 0 Å². The van der Waals surface area contributed by atoms with Crippen molar-refractivity contribution >= 4 is 5.97 Å². The van der Waals surface area contributed by atoms with Gasteiger partial charge in [0.15, 0.2) is 0 Å². The van der Waals surface area contributed by atoms with Gasteiger partial charge in [0.05, 0.1) is 29.0 Å². The highest BCUT2D eigenvalue weighted by Gasteiger charge is 2.32. The van der Waals surface area contributed by atoms with Crippen LogP contribution in [0.2, 0.25) is 0 Å². The molecule has 0 aliphatic heterocycles. The molecular weight excluding hydrogens is 412 g/mol. The third kappa shape index (κ3) is 4.34. The summed E-state index contributed by atoms with van der Waals surface area (Å²) >= 11 is 0. The van der Waals surface area contributed by atoms with E-state index in [1.165, 1.54) is 30.5 Å². The smallest absolute Gasteiger partial charge is 0.416 e. The molecule has 1 aromatic heterocycles. The molecule has 30 heavy (non-hydrogen) atoms. The minimum absolute atomic E-state index is 0.0222. The lowest BCUT2D eigenvalue weighted by Gasteiger charge is -2.12. The standard InChI is InChI=1S/C21H15F6NO2/c1-2-30-19(29)16-11-28-18(12-6-8-14(9-7-12)20(22,23)24)17(16)13-4-3-5-15(10-13)21(25,26)27/h3-11,28H,2H2,1H3. The average molecular weight is 427 g/mol. The molecule has 0 fully saturated rings. The Bertz CT molecular complexity index is 1050. The predicted molar refractivity (Wildman–Crippen MR) is 97.6 cm³/mol. The van der Waals surface area contributed by atoms with Crippen LogP contribution < -0.4 is 0 Å². The van der Waals surface area contributed by atoms with E-state index in [0.717, 1.165) is 24.3 Å². The van der Waals surface area contributed by atoms with E-state index < -0.39 is 29.4 Å². The fraction of sp³-hybridized carbons (Fsp3) is 0.190. The number of aromatic nitrogens is 1. The highest BCUT2D eigenvalue weighted by molar-refractivity contribution is 6.02. The Labute approximate surface area is 167 Å². The van der Waals surface area contributed by atoms with Crippen molar-refractivity contribution in [2.45, 2.75) is 19.3 Å². The molecule has 0 radical (unpaired) electrons. The number of hydrogen-bond acceptors (Lipinski definition) is 2. The zero-order chi connectivity index (χ0) is 22.1. The molecule has 1 heterocycles. The Morgan fingerprint density at radius 3 is 2.10 bits per heavy atom. The first-order valence-corrected chi connectivity index (χ1v) is 8.76. The van der Waals surface area contributed by atoms with Crippen molar-refractivity contribution in [1.82, 2.24) is 4.98 Å². The SMILES string of the molecule is CCOC(=O)c1c[nH]c(-c2ccc(C(F)(F)F)cc2)c1-c1cccc(C(F)(F)F)c1. The molecule has 0 bridgehead atoms. The number of hydrogen-bond donors (Lipinski definition) is 1. The lowest BCUT2D eigenvalue weighted by atomic mass is 9.96. The summed E-state index contributed by atoms with van der Waals surface area (Å²) in [6.45, 7) is 1.62. The molecule has 0 amide bonds. The molecule has 158 valence electrons. The van der Waals surface area contributed by atoms with Gasteiger partial charge in [0.25, 0.3) is 0 Å². The van der Waals surface area contributed by atoms with E-state index in [-0.39, 0.29) is 34.6 Å². The molecule has 0 atom stereocenters. The van der Waals surface area contributed by atoms with Crippen LogP contribution in [0.4, 0.5) is 26.3 Å². The van der Waals surface area contributed by atoms with E-state index in [1.54, 1.807) is 6.92 Å². The minimum Gasteiger partial charge on any atom is -0.462 e. The molecule has 3 nitrogen and oxygen atoms in total. The maximum absolute atomic E-state index is 13.2. The van der Waals surface area contributed by atoms with E-state index in [1.807, 2.05) is 0 Å². The predicted octanol–water partition coefficient (Wildman–Crippen LogP) is 6.56. The van der Waals surface area contributed by atoms with Crippen LogP contribution in [0.1, 0.15) is 28.4 Å². The van der Waals surface area contributed by atoms with Crippen LogP contribution in [0.3, 0.4) is 0 Å². The fourth-order valence-electron chi connectivity index (χ4n) is 3.00. The third-order valence-electron chi connectivity index (χ3n) is 4.36. The van der Waals surface area contributed by atoms with E-state index in [2.05, 4.69) is 4.98 Å². The molecule has 2 aromatic carbocycles. The number of ether oxygens (including phenoxy) is 1. The number of carbonyl (C=O) groups is 1. The molecule has 1 N–H and O–H groups in total. The van der Waals surface area contributed by atoms with Gasteiger partial charge in [-0.2, -0.15) is 26.3 Å². The molecule has 3 aromatic rings. The molecule has 0 aliphatic carbocycles. The summed E-state index contributed by atoms with van der Waals surface area (Å²) in [5, 5.41) is 0. The summed E-state index contributed by atoms with van der Waals surface area (Å²) in [6, 6.07) is 8.41. The second kappa shape index (κ2) is 7.89. The van der Waals surface area contributed by atoms with Gasteiger partial charge >= 0.3 is 18.3 Å². The van der Waals surface area contributed by atoms with Gasteiger partial charge in [0, 0.05) is 11.8 Å². The number of halogens is 6. The first-order valence-electron chi connectivity index (χ1n) is 8.76. The van der Waals surface area contributed by atoms with Gasteiger partial charge in [-0.1, -0.05) is 24.3 Å². The highest BCUT2D eigenvalue weighted by Crippen LogP contribution is 2.39. The Hall–Kier alpha value is -3.23. The fourth-order valence-corrected chi connectivity index (χ4v) is 3.00. The second-order valence-electron chi connectivity index (χ2n) is 6.33. The molecule has 0 saturated heterocycles. The van der Waals surface area contributed by atoms with Crippen LogP contribution in [-0.4, -0.2) is 17.6 Å². The topological polar surface area (TPSA) is 42.1 Å². The van der Waals surface area contributed by atoms with E-state index in [0.29, 0.717) is 0 Å². The molecule has 0 aliphatic rings. The lowest BCUT2D eigenvalue weighted by Crippen LogP contribution is -2.07. The Morgan fingerprint density at radius 2 is 1.53 bits per heavy atom. The van der Waals surface area contributed by atoms with Gasteiger partial charge < -0.3 is 9.72 Å². The summed E-state index contributed by atoms with van der Waals surface area (Å²) in [4.78, 5) is 15.1. The molecule has 0 unspecified atom stereocenters. The van der Waals surface area contributed by atoms with E-state index >= 15 is 0 Å². The maximum atomic E-state index is 13.2. The number of H-pyrrole nitrogens is 1. The van der Waals surface area contributed by atoms with E-state index in [4.69, 9.17) is 4.74 Å². The normalized spacial score (nSPS) is 12.1. The van der Waals surface area contributed by atoms with Crippen LogP contribution in [0.15, 0.2) is 54.7 Å². The minimum atomic E-state index is -4.61. The summed E-state index contributed by atoms with van der Waals surface area (Å²) in [5.74, 6) is -0.765. The number of rotatable bonds is 4.